The Morgan fingerprint density at radius 2 is 2.37 bits per heavy atom. The number of rotatable bonds is 6. The lowest BCUT2D eigenvalue weighted by Gasteiger charge is -2.29. The van der Waals surface area contributed by atoms with Crippen molar-refractivity contribution in [1.82, 2.24) is 10.3 Å². The minimum atomic E-state index is -0.882. The van der Waals surface area contributed by atoms with Gasteiger partial charge in [0, 0.05) is 25.0 Å². The van der Waals surface area contributed by atoms with Crippen LogP contribution in [0.25, 0.3) is 6.08 Å². The molecule has 0 spiro atoms. The Balaban J connectivity index is 2.46. The number of nitrogens with zero attached hydrogens (tertiary/aromatic N) is 1. The zero-order valence-electron chi connectivity index (χ0n) is 11.8. The van der Waals surface area contributed by atoms with Gasteiger partial charge in [0.05, 0.1) is 5.60 Å². The molecule has 104 valence electrons. The predicted molar refractivity (Wildman–Crippen MR) is 76.4 cm³/mol. The summed E-state index contributed by atoms with van der Waals surface area (Å²) in [5, 5.41) is 12.9. The zero-order chi connectivity index (χ0) is 14.3. The minimum absolute atomic E-state index is 0.134. The van der Waals surface area contributed by atoms with Crippen LogP contribution in [0.3, 0.4) is 0 Å². The van der Waals surface area contributed by atoms with E-state index in [2.05, 4.69) is 10.3 Å². The van der Waals surface area contributed by atoms with Gasteiger partial charge in [-0.3, -0.25) is 9.78 Å². The molecule has 0 aromatic carbocycles. The van der Waals surface area contributed by atoms with Gasteiger partial charge >= 0.3 is 0 Å². The predicted octanol–water partition coefficient (Wildman–Crippen LogP) is 2.01. The Morgan fingerprint density at radius 3 is 2.95 bits per heavy atom. The SMILES string of the molecule is CCC(C)C(C)(O)CNC(=O)C=Cc1cccnc1. The highest BCUT2D eigenvalue weighted by Crippen LogP contribution is 2.18. The molecule has 0 aliphatic heterocycles. The summed E-state index contributed by atoms with van der Waals surface area (Å²) >= 11 is 0. The monoisotopic (exact) mass is 262 g/mol. The molecule has 0 saturated heterocycles. The first-order valence-corrected chi connectivity index (χ1v) is 6.54. The maximum absolute atomic E-state index is 11.6. The third kappa shape index (κ3) is 5.22. The highest BCUT2D eigenvalue weighted by Gasteiger charge is 2.26. The van der Waals surface area contributed by atoms with E-state index in [-0.39, 0.29) is 18.4 Å². The second-order valence-corrected chi connectivity index (χ2v) is 5.00. The van der Waals surface area contributed by atoms with E-state index in [1.165, 1.54) is 6.08 Å². The summed E-state index contributed by atoms with van der Waals surface area (Å²) in [6.07, 6.45) is 7.37. The molecule has 0 aliphatic carbocycles. The number of nitrogens with one attached hydrogen (secondary N) is 1. The highest BCUT2D eigenvalue weighted by atomic mass is 16.3. The van der Waals surface area contributed by atoms with Crippen LogP contribution in [0.2, 0.25) is 0 Å². The van der Waals surface area contributed by atoms with Gasteiger partial charge in [0.25, 0.3) is 0 Å². The van der Waals surface area contributed by atoms with Gasteiger partial charge in [0.2, 0.25) is 5.91 Å². The quantitative estimate of drug-likeness (QED) is 0.771. The van der Waals surface area contributed by atoms with Gasteiger partial charge in [0.15, 0.2) is 0 Å². The van der Waals surface area contributed by atoms with Crippen LogP contribution < -0.4 is 5.32 Å². The zero-order valence-corrected chi connectivity index (χ0v) is 11.8. The molecule has 19 heavy (non-hydrogen) atoms. The van der Waals surface area contributed by atoms with E-state index in [9.17, 15) is 9.90 Å². The van der Waals surface area contributed by atoms with Gasteiger partial charge in [-0.15, -0.1) is 0 Å². The van der Waals surface area contributed by atoms with Crippen molar-refractivity contribution in [3.8, 4) is 0 Å². The standard InChI is InChI=1S/C15H22N2O2/c1-4-12(2)15(3,19)11-17-14(18)8-7-13-6-5-9-16-10-13/h5-10,12,19H,4,11H2,1-3H3,(H,17,18). The number of pyridine rings is 1. The molecule has 2 unspecified atom stereocenters. The first-order chi connectivity index (χ1) is 8.95. The summed E-state index contributed by atoms with van der Waals surface area (Å²) in [5.41, 5.74) is -0.0154. The Labute approximate surface area is 114 Å². The van der Waals surface area contributed by atoms with Crippen molar-refractivity contribution in [3.63, 3.8) is 0 Å². The Hall–Kier alpha value is -1.68. The summed E-state index contributed by atoms with van der Waals surface area (Å²) in [5.74, 6) is -0.0810. The van der Waals surface area contributed by atoms with Crippen LogP contribution in [-0.4, -0.2) is 28.1 Å². The lowest BCUT2D eigenvalue weighted by molar-refractivity contribution is -0.118. The number of amides is 1. The molecule has 1 aromatic heterocycles. The number of carbonyl (C=O) groups excluding carboxylic acids is 1. The number of aromatic nitrogens is 1. The third-order valence-electron chi connectivity index (χ3n) is 3.41. The molecule has 2 atom stereocenters. The van der Waals surface area contributed by atoms with E-state index in [1.807, 2.05) is 26.0 Å². The van der Waals surface area contributed by atoms with E-state index in [4.69, 9.17) is 0 Å². The normalized spacial score (nSPS) is 16.0. The van der Waals surface area contributed by atoms with Gasteiger partial charge in [-0.25, -0.2) is 0 Å². The summed E-state index contributed by atoms with van der Waals surface area (Å²) in [6, 6.07) is 3.68. The van der Waals surface area contributed by atoms with Gasteiger partial charge in [-0.1, -0.05) is 26.3 Å². The largest absolute Gasteiger partial charge is 0.388 e. The molecule has 0 fully saturated rings. The van der Waals surface area contributed by atoms with Crippen LogP contribution >= 0.6 is 0 Å². The molecule has 1 aromatic rings. The molecule has 2 N–H and O–H groups in total. The van der Waals surface area contributed by atoms with Gasteiger partial charge in [-0.2, -0.15) is 0 Å². The van der Waals surface area contributed by atoms with Crippen molar-refractivity contribution < 1.29 is 9.90 Å². The van der Waals surface area contributed by atoms with E-state index >= 15 is 0 Å². The molecule has 1 heterocycles. The summed E-state index contributed by atoms with van der Waals surface area (Å²) in [4.78, 5) is 15.6. The second-order valence-electron chi connectivity index (χ2n) is 5.00. The smallest absolute Gasteiger partial charge is 0.244 e. The van der Waals surface area contributed by atoms with E-state index in [0.717, 1.165) is 12.0 Å². The molecule has 0 radical (unpaired) electrons. The molecule has 4 heteroatoms. The fourth-order valence-electron chi connectivity index (χ4n) is 1.59. The number of hydrogen-bond donors (Lipinski definition) is 2. The second kappa shape index (κ2) is 7.04. The summed E-state index contributed by atoms with van der Waals surface area (Å²) < 4.78 is 0. The highest BCUT2D eigenvalue weighted by molar-refractivity contribution is 5.91. The molecule has 4 nitrogen and oxygen atoms in total. The Bertz CT molecular complexity index is 427. The number of carbonyl (C=O) groups is 1. The topological polar surface area (TPSA) is 62.2 Å². The average Bonchev–Trinajstić information content (AvgIpc) is 2.43. The van der Waals surface area contributed by atoms with Gasteiger partial charge < -0.3 is 10.4 Å². The molecule has 1 amide bonds. The van der Waals surface area contributed by atoms with Gasteiger partial charge in [0.1, 0.15) is 0 Å². The van der Waals surface area contributed by atoms with Crippen molar-refractivity contribution in [2.24, 2.45) is 5.92 Å². The van der Waals surface area contributed by atoms with E-state index < -0.39 is 5.60 Å². The molecular formula is C15H22N2O2. The lowest BCUT2D eigenvalue weighted by Crippen LogP contribution is -2.44. The van der Waals surface area contributed by atoms with Crippen molar-refractivity contribution >= 4 is 12.0 Å². The number of aliphatic hydroxyl groups is 1. The summed E-state index contributed by atoms with van der Waals surface area (Å²) in [7, 11) is 0. The third-order valence-corrected chi connectivity index (χ3v) is 3.41. The van der Waals surface area contributed by atoms with Crippen molar-refractivity contribution in [1.29, 1.82) is 0 Å². The lowest BCUT2D eigenvalue weighted by atomic mass is 9.89. The maximum atomic E-state index is 11.6. The number of hydrogen-bond acceptors (Lipinski definition) is 3. The Kier molecular flexibility index (Phi) is 5.70. The molecule has 1 rings (SSSR count). The fraction of sp³-hybridized carbons (Fsp3) is 0.467. The van der Waals surface area contributed by atoms with Crippen LogP contribution in [0.4, 0.5) is 0 Å². The van der Waals surface area contributed by atoms with Crippen LogP contribution in [0.5, 0.6) is 0 Å². The van der Waals surface area contributed by atoms with E-state index in [1.54, 1.807) is 25.4 Å². The van der Waals surface area contributed by atoms with Crippen molar-refractivity contribution in [2.75, 3.05) is 6.54 Å². The van der Waals surface area contributed by atoms with Gasteiger partial charge in [-0.05, 0) is 30.5 Å². The van der Waals surface area contributed by atoms with Crippen LogP contribution in [0.15, 0.2) is 30.6 Å². The minimum Gasteiger partial charge on any atom is -0.388 e. The Morgan fingerprint density at radius 1 is 1.63 bits per heavy atom. The average molecular weight is 262 g/mol. The molecule has 0 aliphatic rings. The first kappa shape index (κ1) is 15.4. The maximum Gasteiger partial charge on any atom is 0.244 e. The molecule has 0 saturated carbocycles. The molecule has 0 bridgehead atoms. The van der Waals surface area contributed by atoms with Crippen LogP contribution in [-0.2, 0) is 4.79 Å². The summed E-state index contributed by atoms with van der Waals surface area (Å²) in [6.45, 7) is 5.98. The van der Waals surface area contributed by atoms with Crippen molar-refractivity contribution in [2.45, 2.75) is 32.8 Å². The first-order valence-electron chi connectivity index (χ1n) is 6.54. The van der Waals surface area contributed by atoms with Crippen LogP contribution in [0.1, 0.15) is 32.8 Å². The molecular weight excluding hydrogens is 240 g/mol. The van der Waals surface area contributed by atoms with Crippen LogP contribution in [0, 0.1) is 5.92 Å². The van der Waals surface area contributed by atoms with E-state index in [0.29, 0.717) is 0 Å². The fourth-order valence-corrected chi connectivity index (χ4v) is 1.59. The van der Waals surface area contributed by atoms with Crippen molar-refractivity contribution in [3.05, 3.63) is 36.2 Å².